The number of benzene rings is 1. The molecule has 3 amide bonds. The van der Waals surface area contributed by atoms with Gasteiger partial charge in [0.2, 0.25) is 0 Å². The Morgan fingerprint density at radius 2 is 1.96 bits per heavy atom. The number of rotatable bonds is 5. The van der Waals surface area contributed by atoms with Gasteiger partial charge in [-0.25, -0.2) is 0 Å². The molecule has 0 spiro atoms. The van der Waals surface area contributed by atoms with E-state index in [-0.39, 0.29) is 6.54 Å². The lowest BCUT2D eigenvalue weighted by atomic mass is 10.1. The number of ether oxygens (including phenoxy) is 1. The van der Waals surface area contributed by atoms with Crippen LogP contribution >= 0.6 is 0 Å². The summed E-state index contributed by atoms with van der Waals surface area (Å²) in [5.74, 6) is -1.37. The smallest absolute Gasteiger partial charge is 0.327 e. The molecule has 26 heavy (non-hydrogen) atoms. The predicted octanol–water partition coefficient (Wildman–Crippen LogP) is 1.07. The van der Waals surface area contributed by atoms with Crippen molar-refractivity contribution in [2.75, 3.05) is 7.11 Å². The second kappa shape index (κ2) is 9.07. The standard InChI is InChI=1S/C18H19N3O5/c1-12-5-7-15(25-2)13(10-12)6-8-16(22)20-21-18(24)17(23)19-11-14-4-3-9-26-14/h3-10H,11H2,1-2H3,(H,19,23)(H,20,22)(H,21,24)/b8-6+. The van der Waals surface area contributed by atoms with Crippen LogP contribution in [0.15, 0.2) is 47.1 Å². The van der Waals surface area contributed by atoms with Gasteiger partial charge in [-0.1, -0.05) is 11.6 Å². The molecule has 0 saturated heterocycles. The van der Waals surface area contributed by atoms with Crippen molar-refractivity contribution in [2.24, 2.45) is 0 Å². The average molecular weight is 357 g/mol. The van der Waals surface area contributed by atoms with Gasteiger partial charge in [0.15, 0.2) is 0 Å². The summed E-state index contributed by atoms with van der Waals surface area (Å²) in [5, 5.41) is 2.36. The molecule has 136 valence electrons. The molecule has 0 aliphatic heterocycles. The molecule has 0 radical (unpaired) electrons. The molecular weight excluding hydrogens is 338 g/mol. The highest BCUT2D eigenvalue weighted by molar-refractivity contribution is 6.35. The lowest BCUT2D eigenvalue weighted by molar-refractivity contribution is -0.140. The number of carbonyl (C=O) groups is 3. The molecule has 0 aliphatic carbocycles. The minimum atomic E-state index is -0.994. The second-order valence-corrected chi connectivity index (χ2v) is 5.28. The van der Waals surface area contributed by atoms with Crippen molar-refractivity contribution in [1.29, 1.82) is 0 Å². The van der Waals surface area contributed by atoms with Crippen molar-refractivity contribution in [1.82, 2.24) is 16.2 Å². The van der Waals surface area contributed by atoms with Crippen LogP contribution < -0.4 is 20.9 Å². The molecular formula is C18H19N3O5. The highest BCUT2D eigenvalue weighted by atomic mass is 16.5. The first-order chi connectivity index (χ1) is 12.5. The number of nitrogens with one attached hydrogen (secondary N) is 3. The lowest BCUT2D eigenvalue weighted by Crippen LogP contribution is -2.47. The maximum atomic E-state index is 11.8. The van der Waals surface area contributed by atoms with Crippen LogP contribution in [0.2, 0.25) is 0 Å². The van der Waals surface area contributed by atoms with Crippen LogP contribution in [0.4, 0.5) is 0 Å². The molecule has 0 unspecified atom stereocenters. The first kappa shape index (κ1) is 18.8. The van der Waals surface area contributed by atoms with Crippen LogP contribution in [-0.4, -0.2) is 24.8 Å². The first-order valence-corrected chi connectivity index (χ1v) is 7.73. The normalized spacial score (nSPS) is 10.4. The molecule has 0 fully saturated rings. The van der Waals surface area contributed by atoms with E-state index in [1.807, 2.05) is 24.5 Å². The zero-order chi connectivity index (χ0) is 18.9. The number of hydrazine groups is 1. The molecule has 2 aromatic rings. The lowest BCUT2D eigenvalue weighted by Gasteiger charge is -2.07. The third kappa shape index (κ3) is 5.52. The van der Waals surface area contributed by atoms with Gasteiger partial charge in [-0.2, -0.15) is 0 Å². The Labute approximate surface area is 150 Å². The Morgan fingerprint density at radius 1 is 1.15 bits per heavy atom. The molecule has 2 rings (SSSR count). The van der Waals surface area contributed by atoms with Crippen molar-refractivity contribution >= 4 is 23.8 Å². The van der Waals surface area contributed by atoms with Gasteiger partial charge in [0.05, 0.1) is 19.9 Å². The Morgan fingerprint density at radius 3 is 2.65 bits per heavy atom. The molecule has 0 aliphatic rings. The fraction of sp³-hybridized carbons (Fsp3) is 0.167. The molecule has 1 aromatic heterocycles. The Kier molecular flexibility index (Phi) is 6.55. The van der Waals surface area contributed by atoms with Crippen molar-refractivity contribution in [3.05, 3.63) is 59.6 Å². The predicted molar refractivity (Wildman–Crippen MR) is 93.6 cm³/mol. The SMILES string of the molecule is COc1ccc(C)cc1/C=C/C(=O)NNC(=O)C(=O)NCc1ccco1. The van der Waals surface area contributed by atoms with E-state index in [9.17, 15) is 14.4 Å². The second-order valence-electron chi connectivity index (χ2n) is 5.28. The number of amides is 3. The van der Waals surface area contributed by atoms with Crippen LogP contribution in [0, 0.1) is 6.92 Å². The van der Waals surface area contributed by atoms with Crippen molar-refractivity contribution < 1.29 is 23.5 Å². The highest BCUT2D eigenvalue weighted by Crippen LogP contribution is 2.20. The van der Waals surface area contributed by atoms with E-state index in [2.05, 4.69) is 10.7 Å². The summed E-state index contributed by atoms with van der Waals surface area (Å²) in [6.07, 6.45) is 4.22. The van der Waals surface area contributed by atoms with Crippen LogP contribution in [0.3, 0.4) is 0 Å². The van der Waals surface area contributed by atoms with Crippen molar-refractivity contribution in [3.63, 3.8) is 0 Å². The third-order valence-corrected chi connectivity index (χ3v) is 3.31. The number of methoxy groups -OCH3 is 1. The maximum Gasteiger partial charge on any atom is 0.327 e. The minimum absolute atomic E-state index is 0.0697. The maximum absolute atomic E-state index is 11.8. The monoisotopic (exact) mass is 357 g/mol. The molecule has 3 N–H and O–H groups in total. The fourth-order valence-corrected chi connectivity index (χ4v) is 2.03. The first-order valence-electron chi connectivity index (χ1n) is 7.73. The number of aryl methyl sites for hydroxylation is 1. The van der Waals surface area contributed by atoms with E-state index in [1.54, 1.807) is 24.3 Å². The minimum Gasteiger partial charge on any atom is -0.496 e. The zero-order valence-corrected chi connectivity index (χ0v) is 14.4. The number of hydrogen-bond donors (Lipinski definition) is 3. The van der Waals surface area contributed by atoms with E-state index < -0.39 is 17.7 Å². The topological polar surface area (TPSA) is 110 Å². The Bertz CT molecular complexity index is 812. The van der Waals surface area contributed by atoms with Gasteiger partial charge in [-0.15, -0.1) is 0 Å². The van der Waals surface area contributed by atoms with Crippen molar-refractivity contribution in [3.8, 4) is 5.75 Å². The molecule has 0 saturated carbocycles. The molecule has 0 bridgehead atoms. The quantitative estimate of drug-likeness (QED) is 0.421. The van der Waals surface area contributed by atoms with Gasteiger partial charge in [-0.3, -0.25) is 25.2 Å². The van der Waals surface area contributed by atoms with E-state index in [4.69, 9.17) is 9.15 Å². The van der Waals surface area contributed by atoms with Gasteiger partial charge >= 0.3 is 11.8 Å². The Balaban J connectivity index is 1.81. The molecule has 1 aromatic carbocycles. The summed E-state index contributed by atoms with van der Waals surface area (Å²) in [5.41, 5.74) is 5.87. The summed E-state index contributed by atoms with van der Waals surface area (Å²) >= 11 is 0. The fourth-order valence-electron chi connectivity index (χ4n) is 2.03. The van der Waals surface area contributed by atoms with E-state index in [0.717, 1.165) is 5.56 Å². The summed E-state index contributed by atoms with van der Waals surface area (Å²) < 4.78 is 10.2. The molecule has 1 heterocycles. The summed E-state index contributed by atoms with van der Waals surface area (Å²) in [6.45, 7) is 1.98. The van der Waals surface area contributed by atoms with Gasteiger partial charge in [0.1, 0.15) is 11.5 Å². The number of hydrogen-bond acceptors (Lipinski definition) is 5. The van der Waals surface area contributed by atoms with Gasteiger partial charge in [0.25, 0.3) is 5.91 Å². The third-order valence-electron chi connectivity index (χ3n) is 3.31. The van der Waals surface area contributed by atoms with Gasteiger partial charge < -0.3 is 14.5 Å². The van der Waals surface area contributed by atoms with Crippen LogP contribution in [0.1, 0.15) is 16.9 Å². The van der Waals surface area contributed by atoms with E-state index >= 15 is 0 Å². The van der Waals surface area contributed by atoms with Gasteiger partial charge in [-0.05, 0) is 37.3 Å². The number of furan rings is 1. The largest absolute Gasteiger partial charge is 0.496 e. The van der Waals surface area contributed by atoms with Gasteiger partial charge in [0, 0.05) is 11.6 Å². The summed E-state index contributed by atoms with van der Waals surface area (Å²) in [7, 11) is 1.53. The zero-order valence-electron chi connectivity index (χ0n) is 14.4. The van der Waals surface area contributed by atoms with E-state index in [0.29, 0.717) is 17.1 Å². The molecule has 8 nitrogen and oxygen atoms in total. The van der Waals surface area contributed by atoms with Crippen LogP contribution in [-0.2, 0) is 20.9 Å². The number of carbonyl (C=O) groups excluding carboxylic acids is 3. The van der Waals surface area contributed by atoms with Crippen molar-refractivity contribution in [2.45, 2.75) is 13.5 Å². The van der Waals surface area contributed by atoms with Crippen LogP contribution in [0.5, 0.6) is 5.75 Å². The summed E-state index contributed by atoms with van der Waals surface area (Å²) in [6, 6.07) is 8.85. The van der Waals surface area contributed by atoms with Crippen LogP contribution in [0.25, 0.3) is 6.08 Å². The molecule has 8 heteroatoms. The molecule has 0 atom stereocenters. The highest BCUT2D eigenvalue weighted by Gasteiger charge is 2.13. The van der Waals surface area contributed by atoms with E-state index in [1.165, 1.54) is 19.4 Å². The average Bonchev–Trinajstić information content (AvgIpc) is 3.16. The summed E-state index contributed by atoms with van der Waals surface area (Å²) in [4.78, 5) is 35.0. The Hall–Kier alpha value is -3.55.